The summed E-state index contributed by atoms with van der Waals surface area (Å²) in [7, 11) is 4.20. The molecule has 0 aliphatic carbocycles. The predicted octanol–water partition coefficient (Wildman–Crippen LogP) is 4.04. The number of likely N-dealkylation sites (N-methyl/N-ethyl adjacent to an activating group) is 1. The molecule has 114 valence electrons. The van der Waals surface area contributed by atoms with Gasteiger partial charge >= 0.3 is 0 Å². The Labute approximate surface area is 133 Å². The Kier molecular flexibility index (Phi) is 4.59. The minimum Gasteiger partial charge on any atom is -0.337 e. The van der Waals surface area contributed by atoms with Crippen LogP contribution >= 0.6 is 0 Å². The lowest BCUT2D eigenvalue weighted by Crippen LogP contribution is -2.18. The van der Waals surface area contributed by atoms with Crippen LogP contribution < -0.4 is 4.90 Å². The van der Waals surface area contributed by atoms with Crippen LogP contribution in [-0.4, -0.2) is 32.1 Å². The monoisotopic (exact) mass is 292 g/mol. The van der Waals surface area contributed by atoms with Crippen LogP contribution in [0.5, 0.6) is 0 Å². The molecule has 0 saturated carbocycles. The van der Waals surface area contributed by atoms with Crippen LogP contribution in [0.2, 0.25) is 0 Å². The van der Waals surface area contributed by atoms with Gasteiger partial charge in [0.05, 0.1) is 0 Å². The fraction of sp³-hybridized carbons (Fsp3) is 0.300. The number of hydrogen-bond donors (Lipinski definition) is 0. The molecular formula is C20H24N2. The molecule has 1 aliphatic rings. The van der Waals surface area contributed by atoms with E-state index >= 15 is 0 Å². The number of fused-ring (bicyclic) bond motifs is 2. The molecule has 22 heavy (non-hydrogen) atoms. The number of hydrogen-bond acceptors (Lipinski definition) is 2. The summed E-state index contributed by atoms with van der Waals surface area (Å²) in [6, 6.07) is 17.6. The Morgan fingerprint density at radius 2 is 1.41 bits per heavy atom. The van der Waals surface area contributed by atoms with Gasteiger partial charge in [-0.25, -0.2) is 0 Å². The Morgan fingerprint density at radius 1 is 0.864 bits per heavy atom. The van der Waals surface area contributed by atoms with Crippen molar-refractivity contribution in [3.05, 3.63) is 71.8 Å². The van der Waals surface area contributed by atoms with Crippen molar-refractivity contribution in [2.45, 2.75) is 12.8 Å². The van der Waals surface area contributed by atoms with Crippen LogP contribution in [0.25, 0.3) is 0 Å². The SMILES string of the molecule is CN(C)C/C=C/CN1c2ccccc2CCc2ccccc21. The first-order valence-electron chi connectivity index (χ1n) is 7.99. The largest absolute Gasteiger partial charge is 0.337 e. The predicted molar refractivity (Wildman–Crippen MR) is 95.0 cm³/mol. The van der Waals surface area contributed by atoms with Crippen molar-refractivity contribution >= 4 is 11.4 Å². The van der Waals surface area contributed by atoms with Gasteiger partial charge in [-0.2, -0.15) is 0 Å². The van der Waals surface area contributed by atoms with Crippen LogP contribution in [0, 0.1) is 0 Å². The van der Waals surface area contributed by atoms with E-state index in [1.807, 2.05) is 0 Å². The Bertz CT molecular complexity index is 611. The van der Waals surface area contributed by atoms with E-state index in [4.69, 9.17) is 0 Å². The molecule has 0 bridgehead atoms. The highest BCUT2D eigenvalue weighted by Gasteiger charge is 2.18. The zero-order valence-electron chi connectivity index (χ0n) is 13.5. The van der Waals surface area contributed by atoms with E-state index in [0.29, 0.717) is 0 Å². The molecule has 2 heteroatoms. The second-order valence-electron chi connectivity index (χ2n) is 6.10. The molecule has 3 rings (SSSR count). The van der Waals surface area contributed by atoms with E-state index in [1.54, 1.807) is 0 Å². The number of rotatable bonds is 4. The van der Waals surface area contributed by atoms with Crippen LogP contribution in [0.15, 0.2) is 60.7 Å². The highest BCUT2D eigenvalue weighted by molar-refractivity contribution is 5.71. The van der Waals surface area contributed by atoms with Crippen molar-refractivity contribution in [2.75, 3.05) is 32.1 Å². The van der Waals surface area contributed by atoms with Gasteiger partial charge in [-0.15, -0.1) is 0 Å². The fourth-order valence-electron chi connectivity index (χ4n) is 3.03. The molecule has 2 aromatic carbocycles. The van der Waals surface area contributed by atoms with Crippen LogP contribution in [-0.2, 0) is 12.8 Å². The molecule has 0 unspecified atom stereocenters. The minimum absolute atomic E-state index is 0.919. The summed E-state index contributed by atoms with van der Waals surface area (Å²) in [5.41, 5.74) is 5.59. The van der Waals surface area contributed by atoms with Crippen LogP contribution in [0.1, 0.15) is 11.1 Å². The maximum atomic E-state index is 2.45. The number of anilines is 2. The third kappa shape index (κ3) is 3.23. The van der Waals surface area contributed by atoms with Crippen LogP contribution in [0.4, 0.5) is 11.4 Å². The molecule has 0 spiro atoms. The third-order valence-electron chi connectivity index (χ3n) is 4.15. The smallest absolute Gasteiger partial charge is 0.0446 e. The van der Waals surface area contributed by atoms with Gasteiger partial charge in [0.15, 0.2) is 0 Å². The normalized spacial score (nSPS) is 14.0. The molecule has 0 saturated heterocycles. The standard InChI is InChI=1S/C20H24N2/c1-21(2)15-7-8-16-22-19-11-5-3-9-17(19)13-14-18-10-4-6-12-20(18)22/h3-12H,13-16H2,1-2H3/b8-7+. The van der Waals surface area contributed by atoms with Gasteiger partial charge in [-0.05, 0) is 50.2 Å². The van der Waals surface area contributed by atoms with Crippen LogP contribution in [0.3, 0.4) is 0 Å². The second-order valence-corrected chi connectivity index (χ2v) is 6.10. The highest BCUT2D eigenvalue weighted by atomic mass is 15.1. The molecule has 1 aliphatic heterocycles. The maximum Gasteiger partial charge on any atom is 0.0446 e. The van der Waals surface area contributed by atoms with Gasteiger partial charge in [0.25, 0.3) is 0 Å². The molecule has 0 radical (unpaired) electrons. The van der Waals surface area contributed by atoms with Gasteiger partial charge < -0.3 is 9.80 Å². The van der Waals surface area contributed by atoms with Crippen molar-refractivity contribution in [1.82, 2.24) is 4.90 Å². The van der Waals surface area contributed by atoms with Gasteiger partial charge in [0, 0.05) is 24.5 Å². The third-order valence-corrected chi connectivity index (χ3v) is 4.15. The van der Waals surface area contributed by atoms with E-state index in [0.717, 1.165) is 25.9 Å². The molecule has 1 heterocycles. The lowest BCUT2D eigenvalue weighted by atomic mass is 10.0. The minimum atomic E-state index is 0.919. The first-order valence-corrected chi connectivity index (χ1v) is 7.99. The molecule has 0 atom stereocenters. The molecular weight excluding hydrogens is 268 g/mol. The molecule has 2 nitrogen and oxygen atoms in total. The molecule has 0 aromatic heterocycles. The van der Waals surface area contributed by atoms with Gasteiger partial charge in [0.2, 0.25) is 0 Å². The average Bonchev–Trinajstić information content (AvgIpc) is 2.69. The van der Waals surface area contributed by atoms with Crippen molar-refractivity contribution in [3.63, 3.8) is 0 Å². The summed E-state index contributed by atoms with van der Waals surface area (Å²) in [5.74, 6) is 0. The zero-order valence-corrected chi connectivity index (χ0v) is 13.5. The second kappa shape index (κ2) is 6.80. The van der Waals surface area contributed by atoms with E-state index in [-0.39, 0.29) is 0 Å². The summed E-state index contributed by atoms with van der Waals surface area (Å²) >= 11 is 0. The topological polar surface area (TPSA) is 6.48 Å². The first kappa shape index (κ1) is 14.9. The fourth-order valence-corrected chi connectivity index (χ4v) is 3.03. The summed E-state index contributed by atoms with van der Waals surface area (Å²) in [6.45, 7) is 1.90. The Morgan fingerprint density at radius 3 is 1.95 bits per heavy atom. The van der Waals surface area contributed by atoms with E-state index in [9.17, 15) is 0 Å². The van der Waals surface area contributed by atoms with Gasteiger partial charge in [-0.3, -0.25) is 0 Å². The molecule has 0 fully saturated rings. The van der Waals surface area contributed by atoms with E-state index in [2.05, 4.69) is 84.6 Å². The summed E-state index contributed by atoms with van der Waals surface area (Å²) in [4.78, 5) is 4.63. The molecule has 0 amide bonds. The number of nitrogens with zero attached hydrogens (tertiary/aromatic N) is 2. The summed E-state index contributed by atoms with van der Waals surface area (Å²) in [5, 5.41) is 0. The first-order chi connectivity index (χ1) is 10.8. The van der Waals surface area contributed by atoms with Crippen molar-refractivity contribution in [1.29, 1.82) is 0 Å². The van der Waals surface area contributed by atoms with E-state index in [1.165, 1.54) is 22.5 Å². The van der Waals surface area contributed by atoms with E-state index < -0.39 is 0 Å². The number of para-hydroxylation sites is 2. The van der Waals surface area contributed by atoms with Crippen molar-refractivity contribution in [2.24, 2.45) is 0 Å². The lowest BCUT2D eigenvalue weighted by Gasteiger charge is -2.25. The summed E-state index contributed by atoms with van der Waals surface area (Å²) < 4.78 is 0. The van der Waals surface area contributed by atoms with Crippen molar-refractivity contribution in [3.8, 4) is 0 Å². The Balaban J connectivity index is 1.94. The van der Waals surface area contributed by atoms with Gasteiger partial charge in [0.1, 0.15) is 0 Å². The number of benzene rings is 2. The molecule has 2 aromatic rings. The lowest BCUT2D eigenvalue weighted by molar-refractivity contribution is 0.456. The highest BCUT2D eigenvalue weighted by Crippen LogP contribution is 2.35. The maximum absolute atomic E-state index is 2.45. The number of aryl methyl sites for hydroxylation is 2. The van der Waals surface area contributed by atoms with Gasteiger partial charge in [-0.1, -0.05) is 48.6 Å². The Hall–Kier alpha value is -2.06. The van der Waals surface area contributed by atoms with Crippen molar-refractivity contribution < 1.29 is 0 Å². The average molecular weight is 292 g/mol. The molecule has 0 N–H and O–H groups in total. The summed E-state index contributed by atoms with van der Waals surface area (Å²) in [6.07, 6.45) is 6.76. The quantitative estimate of drug-likeness (QED) is 0.785. The zero-order chi connectivity index (χ0) is 15.4.